The summed E-state index contributed by atoms with van der Waals surface area (Å²) in [5.41, 5.74) is 6.39. The Morgan fingerprint density at radius 3 is 2.23 bits per heavy atom. The molecule has 146 valence electrons. The minimum Gasteiger partial charge on any atom is -0.504 e. The summed E-state index contributed by atoms with van der Waals surface area (Å²) >= 11 is 0. The van der Waals surface area contributed by atoms with Crippen LogP contribution in [0.3, 0.4) is 0 Å². The van der Waals surface area contributed by atoms with Gasteiger partial charge in [0.1, 0.15) is 24.4 Å². The number of phenols is 2. The van der Waals surface area contributed by atoms with E-state index in [2.05, 4.69) is 0 Å². The predicted octanol–water partition coefficient (Wildman–Crippen LogP) is 2.24. The van der Waals surface area contributed by atoms with Gasteiger partial charge in [-0.2, -0.15) is 0 Å². The van der Waals surface area contributed by atoms with Gasteiger partial charge in [-0.3, -0.25) is 4.79 Å². The van der Waals surface area contributed by atoms with Crippen LogP contribution in [0, 0.1) is 0 Å². The van der Waals surface area contributed by atoms with Crippen LogP contribution < -0.4 is 5.73 Å². The van der Waals surface area contributed by atoms with Crippen LogP contribution in [0.2, 0.25) is 0 Å². The van der Waals surface area contributed by atoms with Gasteiger partial charge in [0, 0.05) is 0 Å². The van der Waals surface area contributed by atoms with Crippen molar-refractivity contribution in [3.8, 4) is 11.5 Å². The highest BCUT2D eigenvalue weighted by Crippen LogP contribution is 2.25. The molecular weight excluding hydrogens is 342 g/mol. The maximum absolute atomic E-state index is 12.1. The molecule has 0 heterocycles. The molecule has 0 amide bonds. The summed E-state index contributed by atoms with van der Waals surface area (Å²) in [6.45, 7) is 6.79. The zero-order chi connectivity index (χ0) is 19.9. The maximum Gasteiger partial charge on any atom is 0.508 e. The topological polar surface area (TPSA) is 128 Å². The van der Waals surface area contributed by atoms with Crippen LogP contribution in [0.4, 0.5) is 4.79 Å². The molecule has 1 aromatic rings. The normalized spacial score (nSPS) is 15.4. The van der Waals surface area contributed by atoms with Gasteiger partial charge in [-0.25, -0.2) is 4.79 Å². The molecule has 8 nitrogen and oxygen atoms in total. The molecule has 4 N–H and O–H groups in total. The first-order valence-electron chi connectivity index (χ1n) is 8.48. The molecular formula is C18H27NO7. The molecule has 0 aromatic heterocycles. The molecule has 0 aliphatic heterocycles. The molecule has 0 saturated carbocycles. The average molecular weight is 369 g/mol. The van der Waals surface area contributed by atoms with Crippen molar-refractivity contribution in [2.45, 2.75) is 64.9 Å². The second kappa shape index (κ2) is 9.86. The summed E-state index contributed by atoms with van der Waals surface area (Å²) in [5, 5.41) is 18.8. The number of phenolic OH excluding ortho intramolecular Hbond substituents is 2. The standard InChI is InChI=1S/C18H27NO7/c1-5-10(2)24-18(23)26-12(4)11(3)25-17(22)14(19)8-13-6-7-15(20)16(21)9-13/h6-7,9-12,14,20-21H,5,8,19H2,1-4H3/t10?,11-,12+,14-/m0/s1. The summed E-state index contributed by atoms with van der Waals surface area (Å²) in [4.78, 5) is 23.7. The van der Waals surface area contributed by atoms with E-state index in [0.717, 1.165) is 0 Å². The fourth-order valence-electron chi connectivity index (χ4n) is 1.92. The first-order valence-corrected chi connectivity index (χ1v) is 8.48. The van der Waals surface area contributed by atoms with E-state index in [1.54, 1.807) is 26.8 Å². The van der Waals surface area contributed by atoms with Crippen LogP contribution in [0.25, 0.3) is 0 Å². The van der Waals surface area contributed by atoms with Crippen molar-refractivity contribution in [1.29, 1.82) is 0 Å². The van der Waals surface area contributed by atoms with Gasteiger partial charge in [0.15, 0.2) is 11.5 Å². The van der Waals surface area contributed by atoms with E-state index in [9.17, 15) is 19.8 Å². The lowest BCUT2D eigenvalue weighted by molar-refractivity contribution is -0.155. The van der Waals surface area contributed by atoms with Crippen molar-refractivity contribution >= 4 is 12.1 Å². The Morgan fingerprint density at radius 1 is 1.04 bits per heavy atom. The summed E-state index contributed by atoms with van der Waals surface area (Å²) in [6, 6.07) is 3.20. The van der Waals surface area contributed by atoms with Gasteiger partial charge in [-0.05, 0) is 51.3 Å². The minimum absolute atomic E-state index is 0.116. The number of carbonyl (C=O) groups excluding carboxylic acids is 2. The van der Waals surface area contributed by atoms with E-state index in [1.807, 2.05) is 6.92 Å². The Kier molecular flexibility index (Phi) is 8.18. The molecule has 1 rings (SSSR count). The second-order valence-corrected chi connectivity index (χ2v) is 6.19. The fraction of sp³-hybridized carbons (Fsp3) is 0.556. The van der Waals surface area contributed by atoms with Gasteiger partial charge >= 0.3 is 12.1 Å². The van der Waals surface area contributed by atoms with Crippen LogP contribution in [-0.2, 0) is 25.4 Å². The Bertz CT molecular complexity index is 620. The summed E-state index contributed by atoms with van der Waals surface area (Å²) in [6.07, 6.45) is -1.73. The first-order chi connectivity index (χ1) is 12.1. The van der Waals surface area contributed by atoms with E-state index < -0.39 is 30.4 Å². The molecule has 0 spiro atoms. The van der Waals surface area contributed by atoms with E-state index in [0.29, 0.717) is 12.0 Å². The number of hydrogen-bond acceptors (Lipinski definition) is 8. The van der Waals surface area contributed by atoms with Crippen LogP contribution >= 0.6 is 0 Å². The Hall–Kier alpha value is -2.48. The molecule has 1 unspecified atom stereocenters. The lowest BCUT2D eigenvalue weighted by atomic mass is 10.1. The molecule has 0 radical (unpaired) electrons. The number of benzene rings is 1. The summed E-state index contributed by atoms with van der Waals surface area (Å²) < 4.78 is 15.3. The number of hydrogen-bond donors (Lipinski definition) is 3. The molecule has 26 heavy (non-hydrogen) atoms. The number of rotatable bonds is 8. The molecule has 8 heteroatoms. The van der Waals surface area contributed by atoms with Crippen LogP contribution in [0.5, 0.6) is 11.5 Å². The Balaban J connectivity index is 2.51. The zero-order valence-electron chi connectivity index (χ0n) is 15.5. The average Bonchev–Trinajstić information content (AvgIpc) is 2.57. The number of esters is 1. The molecule has 4 atom stereocenters. The van der Waals surface area contributed by atoms with Crippen LogP contribution in [0.15, 0.2) is 18.2 Å². The largest absolute Gasteiger partial charge is 0.508 e. The maximum atomic E-state index is 12.1. The van der Waals surface area contributed by atoms with Gasteiger partial charge < -0.3 is 30.2 Å². The quantitative estimate of drug-likeness (QED) is 0.470. The third-order valence-electron chi connectivity index (χ3n) is 3.92. The first kappa shape index (κ1) is 21.6. The van der Waals surface area contributed by atoms with Crippen molar-refractivity contribution in [1.82, 2.24) is 0 Å². The van der Waals surface area contributed by atoms with Crippen molar-refractivity contribution in [2.75, 3.05) is 0 Å². The van der Waals surface area contributed by atoms with Crippen LogP contribution in [0.1, 0.15) is 39.7 Å². The number of nitrogens with two attached hydrogens (primary N) is 1. The van der Waals surface area contributed by atoms with Crippen molar-refractivity contribution in [3.05, 3.63) is 23.8 Å². The van der Waals surface area contributed by atoms with E-state index in [1.165, 1.54) is 12.1 Å². The highest BCUT2D eigenvalue weighted by molar-refractivity contribution is 5.76. The molecule has 0 bridgehead atoms. The Morgan fingerprint density at radius 2 is 1.65 bits per heavy atom. The smallest absolute Gasteiger partial charge is 0.504 e. The van der Waals surface area contributed by atoms with Gasteiger partial charge in [-0.15, -0.1) is 0 Å². The van der Waals surface area contributed by atoms with E-state index in [-0.39, 0.29) is 24.0 Å². The Labute approximate surface area is 152 Å². The number of ether oxygens (including phenoxy) is 3. The molecule has 1 aromatic carbocycles. The number of carbonyl (C=O) groups is 2. The highest BCUT2D eigenvalue weighted by atomic mass is 16.7. The third kappa shape index (κ3) is 6.79. The fourth-order valence-corrected chi connectivity index (χ4v) is 1.92. The van der Waals surface area contributed by atoms with Gasteiger partial charge in [-0.1, -0.05) is 13.0 Å². The SMILES string of the molecule is CCC(C)OC(=O)O[C@H](C)[C@H](C)OC(=O)[C@@H](N)Cc1ccc(O)c(O)c1. The van der Waals surface area contributed by atoms with E-state index >= 15 is 0 Å². The third-order valence-corrected chi connectivity index (χ3v) is 3.92. The highest BCUT2D eigenvalue weighted by Gasteiger charge is 2.25. The molecule has 0 aliphatic carbocycles. The van der Waals surface area contributed by atoms with Gasteiger partial charge in [0.05, 0.1) is 0 Å². The van der Waals surface area contributed by atoms with Crippen molar-refractivity contribution in [3.63, 3.8) is 0 Å². The molecule has 0 saturated heterocycles. The summed E-state index contributed by atoms with van der Waals surface area (Å²) in [7, 11) is 0. The summed E-state index contributed by atoms with van der Waals surface area (Å²) in [5.74, 6) is -1.22. The lowest BCUT2D eigenvalue weighted by Crippen LogP contribution is -2.39. The van der Waals surface area contributed by atoms with Crippen LogP contribution in [-0.4, -0.2) is 46.7 Å². The molecule has 0 fully saturated rings. The second-order valence-electron chi connectivity index (χ2n) is 6.19. The van der Waals surface area contributed by atoms with Gasteiger partial charge in [0.25, 0.3) is 0 Å². The molecule has 0 aliphatic rings. The van der Waals surface area contributed by atoms with Gasteiger partial charge in [0.2, 0.25) is 0 Å². The zero-order valence-corrected chi connectivity index (χ0v) is 15.5. The van der Waals surface area contributed by atoms with Crippen molar-refractivity contribution < 1.29 is 34.0 Å². The number of aromatic hydroxyl groups is 2. The minimum atomic E-state index is -0.972. The predicted molar refractivity (Wildman–Crippen MR) is 93.8 cm³/mol. The van der Waals surface area contributed by atoms with E-state index in [4.69, 9.17) is 19.9 Å². The lowest BCUT2D eigenvalue weighted by Gasteiger charge is -2.22. The monoisotopic (exact) mass is 369 g/mol. The van der Waals surface area contributed by atoms with Crippen molar-refractivity contribution in [2.24, 2.45) is 5.73 Å².